The van der Waals surface area contributed by atoms with Gasteiger partial charge in [-0.15, -0.1) is 0 Å². The van der Waals surface area contributed by atoms with Crippen molar-refractivity contribution < 1.29 is 18.8 Å². The summed E-state index contributed by atoms with van der Waals surface area (Å²) in [6.45, 7) is 6.11. The monoisotopic (exact) mass is 469 g/mol. The maximum atomic E-state index is 13.2. The molecule has 4 aromatic rings. The number of ether oxygens (including phenoxy) is 1. The van der Waals surface area contributed by atoms with E-state index >= 15 is 0 Å². The molecule has 2 amide bonds. The Morgan fingerprint density at radius 2 is 1.51 bits per heavy atom. The number of benzene rings is 3. The molecule has 7 nitrogen and oxygen atoms in total. The van der Waals surface area contributed by atoms with Gasteiger partial charge in [0.15, 0.2) is 0 Å². The molecular formula is C28H27N3O4. The number of piperazine rings is 1. The molecule has 0 unspecified atom stereocenters. The van der Waals surface area contributed by atoms with Gasteiger partial charge < -0.3 is 19.1 Å². The average Bonchev–Trinajstić information content (AvgIpc) is 3.23. The van der Waals surface area contributed by atoms with E-state index in [1.54, 1.807) is 29.2 Å². The molecule has 2 heterocycles. The molecule has 0 aliphatic carbocycles. The van der Waals surface area contributed by atoms with Crippen molar-refractivity contribution in [3.8, 4) is 5.75 Å². The van der Waals surface area contributed by atoms with Crippen molar-refractivity contribution in [1.29, 1.82) is 0 Å². The summed E-state index contributed by atoms with van der Waals surface area (Å²) in [5.41, 5.74) is 3.05. The molecule has 35 heavy (non-hydrogen) atoms. The number of amides is 2. The van der Waals surface area contributed by atoms with Crippen LogP contribution >= 0.6 is 0 Å². The predicted octanol–water partition coefficient (Wildman–Crippen LogP) is 4.62. The summed E-state index contributed by atoms with van der Waals surface area (Å²) in [5, 5.41) is 5.94. The quantitative estimate of drug-likeness (QED) is 0.426. The first-order valence-corrected chi connectivity index (χ1v) is 11.7. The maximum Gasteiger partial charge on any atom is 0.254 e. The van der Waals surface area contributed by atoms with Crippen LogP contribution in [0.15, 0.2) is 71.3 Å². The zero-order valence-electron chi connectivity index (χ0n) is 19.9. The Morgan fingerprint density at radius 3 is 2.20 bits per heavy atom. The number of rotatable bonds is 5. The van der Waals surface area contributed by atoms with E-state index in [0.717, 1.165) is 27.8 Å². The van der Waals surface area contributed by atoms with Crippen molar-refractivity contribution in [2.24, 2.45) is 0 Å². The van der Waals surface area contributed by atoms with Crippen LogP contribution < -0.4 is 4.74 Å². The first-order chi connectivity index (χ1) is 17.0. The van der Waals surface area contributed by atoms with Crippen LogP contribution in [0.2, 0.25) is 0 Å². The van der Waals surface area contributed by atoms with Gasteiger partial charge in [0, 0.05) is 37.3 Å². The molecule has 1 aromatic heterocycles. The summed E-state index contributed by atoms with van der Waals surface area (Å²) in [6, 6.07) is 20.8. The molecule has 0 bridgehead atoms. The highest BCUT2D eigenvalue weighted by atomic mass is 16.5. The normalized spacial score (nSPS) is 13.8. The van der Waals surface area contributed by atoms with Gasteiger partial charge in [-0.25, -0.2) is 0 Å². The molecule has 5 rings (SSSR count). The molecule has 7 heteroatoms. The number of hydrogen-bond acceptors (Lipinski definition) is 5. The smallest absolute Gasteiger partial charge is 0.254 e. The number of aromatic nitrogens is 1. The highest BCUT2D eigenvalue weighted by molar-refractivity contribution is 6.07. The predicted molar refractivity (Wildman–Crippen MR) is 133 cm³/mol. The third-order valence-electron chi connectivity index (χ3n) is 6.54. The summed E-state index contributed by atoms with van der Waals surface area (Å²) >= 11 is 0. The topological polar surface area (TPSA) is 75.9 Å². The zero-order valence-corrected chi connectivity index (χ0v) is 19.9. The first-order valence-electron chi connectivity index (χ1n) is 11.7. The number of hydrogen-bond donors (Lipinski definition) is 0. The molecule has 0 atom stereocenters. The van der Waals surface area contributed by atoms with Crippen LogP contribution in [-0.4, -0.2) is 52.9 Å². The van der Waals surface area contributed by atoms with Crippen LogP contribution in [0, 0.1) is 13.8 Å². The number of carbonyl (C=O) groups excluding carboxylic acids is 2. The van der Waals surface area contributed by atoms with Gasteiger partial charge in [0.1, 0.15) is 18.1 Å². The largest absolute Gasteiger partial charge is 0.489 e. The van der Waals surface area contributed by atoms with Crippen molar-refractivity contribution in [2.75, 3.05) is 26.2 Å². The molecule has 3 aromatic carbocycles. The second-order valence-corrected chi connectivity index (χ2v) is 8.73. The van der Waals surface area contributed by atoms with Gasteiger partial charge >= 0.3 is 0 Å². The molecule has 0 saturated carbocycles. The lowest BCUT2D eigenvalue weighted by Gasteiger charge is -2.35. The fourth-order valence-electron chi connectivity index (χ4n) is 4.43. The summed E-state index contributed by atoms with van der Waals surface area (Å²) in [6.07, 6.45) is 0. The van der Waals surface area contributed by atoms with E-state index in [4.69, 9.17) is 9.26 Å². The van der Waals surface area contributed by atoms with Crippen molar-refractivity contribution in [1.82, 2.24) is 15.0 Å². The minimum Gasteiger partial charge on any atom is -0.489 e. The van der Waals surface area contributed by atoms with Crippen LogP contribution in [0.25, 0.3) is 10.8 Å². The van der Waals surface area contributed by atoms with Crippen LogP contribution in [0.3, 0.4) is 0 Å². The van der Waals surface area contributed by atoms with E-state index in [2.05, 4.69) is 5.16 Å². The fourth-order valence-corrected chi connectivity index (χ4v) is 4.43. The second-order valence-electron chi connectivity index (χ2n) is 8.73. The molecule has 0 N–H and O–H groups in total. The lowest BCUT2D eigenvalue weighted by molar-refractivity contribution is 0.0536. The number of carbonyl (C=O) groups is 2. The molecule has 1 aliphatic rings. The van der Waals surface area contributed by atoms with Crippen LogP contribution in [0.5, 0.6) is 5.75 Å². The highest BCUT2D eigenvalue weighted by Crippen LogP contribution is 2.22. The van der Waals surface area contributed by atoms with Crippen molar-refractivity contribution in [3.63, 3.8) is 0 Å². The maximum absolute atomic E-state index is 13.2. The van der Waals surface area contributed by atoms with E-state index in [0.29, 0.717) is 49.7 Å². The van der Waals surface area contributed by atoms with Crippen molar-refractivity contribution >= 4 is 22.6 Å². The highest BCUT2D eigenvalue weighted by Gasteiger charge is 2.26. The lowest BCUT2D eigenvalue weighted by Crippen LogP contribution is -2.50. The average molecular weight is 470 g/mol. The standard InChI is InChI=1S/C28H27N3O4/c1-19-26(20(2)35-29-19)18-34-23-12-10-22(11-13-23)27(32)30-14-16-31(17-15-30)28(33)25-9-5-7-21-6-3-4-8-24(21)25/h3-13H,14-18H2,1-2H3. The Morgan fingerprint density at radius 1 is 0.857 bits per heavy atom. The minimum absolute atomic E-state index is 0.00805. The number of fused-ring (bicyclic) bond motifs is 1. The van der Waals surface area contributed by atoms with E-state index < -0.39 is 0 Å². The Balaban J connectivity index is 1.18. The summed E-state index contributed by atoms with van der Waals surface area (Å²) in [5.74, 6) is 1.38. The van der Waals surface area contributed by atoms with Gasteiger partial charge in [0.2, 0.25) is 0 Å². The molecule has 178 valence electrons. The first kappa shape index (κ1) is 22.7. The molecular weight excluding hydrogens is 442 g/mol. The minimum atomic E-state index is -0.0421. The van der Waals surface area contributed by atoms with E-state index in [1.165, 1.54) is 0 Å². The molecule has 1 fully saturated rings. The SMILES string of the molecule is Cc1noc(C)c1COc1ccc(C(=O)N2CCN(C(=O)c3cccc4ccccc34)CC2)cc1. The van der Waals surface area contributed by atoms with Gasteiger partial charge in [-0.3, -0.25) is 9.59 Å². The van der Waals surface area contributed by atoms with Crippen LogP contribution in [0.1, 0.15) is 37.7 Å². The third kappa shape index (κ3) is 4.62. The van der Waals surface area contributed by atoms with Crippen molar-refractivity contribution in [3.05, 3.63) is 94.9 Å². The van der Waals surface area contributed by atoms with Crippen LogP contribution in [0.4, 0.5) is 0 Å². The Labute approximate surface area is 203 Å². The zero-order chi connectivity index (χ0) is 24.4. The van der Waals surface area contributed by atoms with Gasteiger partial charge in [0.05, 0.1) is 11.3 Å². The Kier molecular flexibility index (Phi) is 6.23. The second kappa shape index (κ2) is 9.62. The fraction of sp³-hybridized carbons (Fsp3) is 0.250. The summed E-state index contributed by atoms with van der Waals surface area (Å²) in [4.78, 5) is 29.8. The molecule has 1 saturated heterocycles. The summed E-state index contributed by atoms with van der Waals surface area (Å²) < 4.78 is 11.0. The van der Waals surface area contributed by atoms with E-state index in [1.807, 2.05) is 61.2 Å². The van der Waals surface area contributed by atoms with Crippen molar-refractivity contribution in [2.45, 2.75) is 20.5 Å². The third-order valence-corrected chi connectivity index (χ3v) is 6.54. The summed E-state index contributed by atoms with van der Waals surface area (Å²) in [7, 11) is 0. The molecule has 1 aliphatic heterocycles. The number of aryl methyl sites for hydroxylation is 2. The van der Waals surface area contributed by atoms with Gasteiger partial charge in [0.25, 0.3) is 11.8 Å². The van der Waals surface area contributed by atoms with E-state index in [9.17, 15) is 9.59 Å². The molecule has 0 radical (unpaired) electrons. The van der Waals surface area contributed by atoms with Gasteiger partial charge in [-0.05, 0) is 55.0 Å². The lowest BCUT2D eigenvalue weighted by atomic mass is 10.0. The van der Waals surface area contributed by atoms with Crippen LogP contribution in [-0.2, 0) is 6.61 Å². The van der Waals surface area contributed by atoms with Gasteiger partial charge in [-0.1, -0.05) is 41.6 Å². The number of nitrogens with zero attached hydrogens (tertiary/aromatic N) is 3. The van der Waals surface area contributed by atoms with E-state index in [-0.39, 0.29) is 11.8 Å². The molecule has 0 spiro atoms. The Bertz CT molecular complexity index is 1340. The van der Waals surface area contributed by atoms with Gasteiger partial charge in [-0.2, -0.15) is 0 Å². The Hall–Kier alpha value is -4.13.